The number of nitrogens with one attached hydrogen (secondary N) is 1. The zero-order valence-electron chi connectivity index (χ0n) is 12.2. The van der Waals surface area contributed by atoms with E-state index in [1.165, 1.54) is 19.3 Å². The summed E-state index contributed by atoms with van der Waals surface area (Å²) in [6, 6.07) is -0.0515. The molecular weight excluding hydrogens is 226 g/mol. The molecule has 0 aromatic rings. The van der Waals surface area contributed by atoms with E-state index < -0.39 is 0 Å². The van der Waals surface area contributed by atoms with E-state index in [0.29, 0.717) is 0 Å². The Labute approximate surface area is 112 Å². The molecule has 4 heteroatoms. The average molecular weight is 255 g/mol. The third kappa shape index (κ3) is 5.83. The lowest BCUT2D eigenvalue weighted by atomic mass is 10.1. The molecule has 0 bridgehead atoms. The van der Waals surface area contributed by atoms with Crippen LogP contribution in [0.1, 0.15) is 39.0 Å². The lowest BCUT2D eigenvalue weighted by molar-refractivity contribution is -0.133. The molecule has 0 radical (unpaired) electrons. The first kappa shape index (κ1) is 15.4. The van der Waals surface area contributed by atoms with E-state index in [4.69, 9.17) is 0 Å². The minimum absolute atomic E-state index is 0.0515. The quantitative estimate of drug-likeness (QED) is 0.805. The van der Waals surface area contributed by atoms with Gasteiger partial charge in [0.25, 0.3) is 0 Å². The standard InChI is InChI=1S/C14H29N3O/c1-13(15-9-12-16(2)3)14(18)17-10-7-5-4-6-8-11-17/h13,15H,4-12H2,1-3H3/t13-/m1/s1. The highest BCUT2D eigenvalue weighted by Gasteiger charge is 2.20. The largest absolute Gasteiger partial charge is 0.341 e. The summed E-state index contributed by atoms with van der Waals surface area (Å²) in [6.07, 6.45) is 6.20. The summed E-state index contributed by atoms with van der Waals surface area (Å²) in [5.74, 6) is 0.274. The Morgan fingerprint density at radius 3 is 2.28 bits per heavy atom. The van der Waals surface area contributed by atoms with Crippen LogP contribution in [-0.4, -0.2) is 62.0 Å². The molecule has 1 rings (SSSR count). The zero-order valence-corrected chi connectivity index (χ0v) is 12.2. The van der Waals surface area contributed by atoms with Crippen LogP contribution < -0.4 is 5.32 Å². The van der Waals surface area contributed by atoms with Gasteiger partial charge in [-0.1, -0.05) is 19.3 Å². The van der Waals surface area contributed by atoms with Gasteiger partial charge in [0.05, 0.1) is 6.04 Å². The Morgan fingerprint density at radius 2 is 1.72 bits per heavy atom. The maximum absolute atomic E-state index is 12.3. The van der Waals surface area contributed by atoms with Crippen LogP contribution in [0.2, 0.25) is 0 Å². The second-order valence-corrected chi connectivity index (χ2v) is 5.57. The van der Waals surface area contributed by atoms with Gasteiger partial charge in [-0.05, 0) is 33.9 Å². The van der Waals surface area contributed by atoms with Crippen molar-refractivity contribution in [1.29, 1.82) is 0 Å². The first-order valence-corrected chi connectivity index (χ1v) is 7.28. The van der Waals surface area contributed by atoms with Gasteiger partial charge < -0.3 is 15.1 Å². The number of nitrogens with zero attached hydrogens (tertiary/aromatic N) is 2. The summed E-state index contributed by atoms with van der Waals surface area (Å²) in [5.41, 5.74) is 0. The van der Waals surface area contributed by atoms with Crippen LogP contribution in [0.25, 0.3) is 0 Å². The van der Waals surface area contributed by atoms with Crippen molar-refractivity contribution in [3.05, 3.63) is 0 Å². The molecule has 1 N–H and O–H groups in total. The van der Waals surface area contributed by atoms with E-state index in [1.807, 2.05) is 25.9 Å². The highest BCUT2D eigenvalue weighted by atomic mass is 16.2. The van der Waals surface area contributed by atoms with Gasteiger partial charge in [-0.2, -0.15) is 0 Å². The minimum atomic E-state index is -0.0515. The van der Waals surface area contributed by atoms with E-state index >= 15 is 0 Å². The molecule has 0 aromatic heterocycles. The molecule has 0 aromatic carbocycles. The van der Waals surface area contributed by atoms with Gasteiger partial charge in [-0.15, -0.1) is 0 Å². The molecule has 4 nitrogen and oxygen atoms in total. The highest BCUT2D eigenvalue weighted by Crippen LogP contribution is 2.11. The molecule has 0 aliphatic carbocycles. The molecule has 0 unspecified atom stereocenters. The Bertz CT molecular complexity index is 235. The van der Waals surface area contributed by atoms with E-state index in [9.17, 15) is 4.79 Å². The smallest absolute Gasteiger partial charge is 0.239 e. The SMILES string of the molecule is C[C@@H](NCCN(C)C)C(=O)N1CCCCCCC1. The number of hydrogen-bond acceptors (Lipinski definition) is 3. The topological polar surface area (TPSA) is 35.6 Å². The number of hydrogen-bond donors (Lipinski definition) is 1. The van der Waals surface area contributed by atoms with Crippen LogP contribution in [-0.2, 0) is 4.79 Å². The van der Waals surface area contributed by atoms with Crippen molar-refractivity contribution in [2.45, 2.75) is 45.1 Å². The highest BCUT2D eigenvalue weighted by molar-refractivity contribution is 5.81. The minimum Gasteiger partial charge on any atom is -0.341 e. The Morgan fingerprint density at radius 1 is 1.17 bits per heavy atom. The first-order chi connectivity index (χ1) is 8.61. The number of likely N-dealkylation sites (tertiary alicyclic amines) is 1. The van der Waals surface area contributed by atoms with E-state index in [0.717, 1.165) is 39.0 Å². The van der Waals surface area contributed by atoms with Crippen molar-refractivity contribution >= 4 is 5.91 Å². The van der Waals surface area contributed by atoms with Gasteiger partial charge in [0.2, 0.25) is 5.91 Å². The number of carbonyl (C=O) groups excluding carboxylic acids is 1. The van der Waals surface area contributed by atoms with Crippen LogP contribution in [0.5, 0.6) is 0 Å². The monoisotopic (exact) mass is 255 g/mol. The summed E-state index contributed by atoms with van der Waals surface area (Å²) in [4.78, 5) is 16.5. The molecule has 0 saturated carbocycles. The molecule has 1 atom stereocenters. The van der Waals surface area contributed by atoms with Crippen LogP contribution >= 0.6 is 0 Å². The first-order valence-electron chi connectivity index (χ1n) is 7.28. The van der Waals surface area contributed by atoms with Gasteiger partial charge in [-0.25, -0.2) is 0 Å². The van der Waals surface area contributed by atoms with Crippen LogP contribution in [0.15, 0.2) is 0 Å². The predicted octanol–water partition coefficient (Wildman–Crippen LogP) is 1.32. The lowest BCUT2D eigenvalue weighted by Crippen LogP contribution is -2.47. The third-order valence-corrected chi connectivity index (χ3v) is 3.55. The van der Waals surface area contributed by atoms with Gasteiger partial charge in [0.1, 0.15) is 0 Å². The number of amides is 1. The number of rotatable bonds is 5. The van der Waals surface area contributed by atoms with Crippen LogP contribution in [0.4, 0.5) is 0 Å². The van der Waals surface area contributed by atoms with Crippen LogP contribution in [0, 0.1) is 0 Å². The number of carbonyl (C=O) groups is 1. The van der Waals surface area contributed by atoms with Crippen molar-refractivity contribution in [2.24, 2.45) is 0 Å². The van der Waals surface area contributed by atoms with Crippen molar-refractivity contribution in [3.63, 3.8) is 0 Å². The second-order valence-electron chi connectivity index (χ2n) is 5.57. The van der Waals surface area contributed by atoms with Gasteiger partial charge >= 0.3 is 0 Å². The van der Waals surface area contributed by atoms with Crippen molar-refractivity contribution in [2.75, 3.05) is 40.3 Å². The molecule has 18 heavy (non-hydrogen) atoms. The zero-order chi connectivity index (χ0) is 13.4. The van der Waals surface area contributed by atoms with Crippen molar-refractivity contribution < 1.29 is 4.79 Å². The normalized spacial score (nSPS) is 19.4. The summed E-state index contributed by atoms with van der Waals surface area (Å²) >= 11 is 0. The Balaban J connectivity index is 2.31. The van der Waals surface area contributed by atoms with Crippen molar-refractivity contribution in [1.82, 2.24) is 15.1 Å². The predicted molar refractivity (Wildman–Crippen MR) is 75.7 cm³/mol. The van der Waals surface area contributed by atoms with Gasteiger partial charge in [-0.3, -0.25) is 4.79 Å². The lowest BCUT2D eigenvalue weighted by Gasteiger charge is -2.28. The molecule has 1 heterocycles. The maximum Gasteiger partial charge on any atom is 0.239 e. The Kier molecular flexibility index (Phi) is 7.28. The van der Waals surface area contributed by atoms with E-state index in [2.05, 4.69) is 10.2 Å². The fourth-order valence-electron chi connectivity index (χ4n) is 2.33. The molecule has 1 aliphatic rings. The second kappa shape index (κ2) is 8.48. The summed E-state index contributed by atoms with van der Waals surface area (Å²) in [7, 11) is 4.10. The molecule has 1 amide bonds. The fraction of sp³-hybridized carbons (Fsp3) is 0.929. The Hall–Kier alpha value is -0.610. The summed E-state index contributed by atoms with van der Waals surface area (Å²) in [5, 5.41) is 3.31. The third-order valence-electron chi connectivity index (χ3n) is 3.55. The van der Waals surface area contributed by atoms with Gasteiger partial charge in [0, 0.05) is 26.2 Å². The average Bonchev–Trinajstić information content (AvgIpc) is 2.27. The summed E-state index contributed by atoms with van der Waals surface area (Å²) in [6.45, 7) is 5.71. The number of likely N-dealkylation sites (N-methyl/N-ethyl adjacent to an activating group) is 1. The fourth-order valence-corrected chi connectivity index (χ4v) is 2.33. The molecule has 1 saturated heterocycles. The molecular formula is C14H29N3O. The summed E-state index contributed by atoms with van der Waals surface area (Å²) < 4.78 is 0. The molecule has 0 spiro atoms. The maximum atomic E-state index is 12.3. The van der Waals surface area contributed by atoms with E-state index in [1.54, 1.807) is 0 Å². The molecule has 1 aliphatic heterocycles. The van der Waals surface area contributed by atoms with Crippen LogP contribution in [0.3, 0.4) is 0 Å². The van der Waals surface area contributed by atoms with Crippen molar-refractivity contribution in [3.8, 4) is 0 Å². The van der Waals surface area contributed by atoms with Gasteiger partial charge in [0.15, 0.2) is 0 Å². The molecule has 1 fully saturated rings. The van der Waals surface area contributed by atoms with E-state index in [-0.39, 0.29) is 11.9 Å². The molecule has 106 valence electrons.